The number of anilines is 1. The van der Waals surface area contributed by atoms with Crippen molar-refractivity contribution in [2.24, 2.45) is 0 Å². The highest BCUT2D eigenvalue weighted by Gasteiger charge is 2.34. The van der Waals surface area contributed by atoms with Crippen LogP contribution in [0.25, 0.3) is 0 Å². The van der Waals surface area contributed by atoms with E-state index in [2.05, 4.69) is 6.42 Å². The van der Waals surface area contributed by atoms with Gasteiger partial charge in [-0.05, 0) is 44.4 Å². The van der Waals surface area contributed by atoms with Crippen LogP contribution in [0.15, 0.2) is 18.2 Å². The van der Waals surface area contributed by atoms with E-state index in [9.17, 15) is 13.2 Å². The van der Waals surface area contributed by atoms with Crippen LogP contribution in [0.2, 0.25) is 0 Å². The molecule has 1 aliphatic rings. The Morgan fingerprint density at radius 2 is 2.14 bits per heavy atom. The molecule has 1 unspecified atom stereocenters. The summed E-state index contributed by atoms with van der Waals surface area (Å²) in [7, 11) is 0. The van der Waals surface area contributed by atoms with Crippen LogP contribution in [0.1, 0.15) is 43.7 Å². The Morgan fingerprint density at radius 1 is 1.38 bits per heavy atom. The molecule has 1 radical (unpaired) electrons. The Hall–Kier alpha value is -1.70. The third kappa shape index (κ3) is 3.49. The normalized spacial score (nSPS) is 16.5. The molecule has 0 aromatic heterocycles. The molecule has 1 aromatic carbocycles. The number of nitriles is 1. The number of nitrogens with zero attached hydrogens (tertiary/aromatic N) is 2. The summed E-state index contributed by atoms with van der Waals surface area (Å²) in [5.74, 6) is 0. The lowest BCUT2D eigenvalue weighted by Gasteiger charge is -2.35. The minimum absolute atomic E-state index is 0.248. The monoisotopic (exact) mass is 295 g/mol. The van der Waals surface area contributed by atoms with Gasteiger partial charge in [-0.1, -0.05) is 12.8 Å². The first-order valence-electron chi connectivity index (χ1n) is 7.17. The molecule has 113 valence electrons. The maximum Gasteiger partial charge on any atom is 0.417 e. The van der Waals surface area contributed by atoms with Crippen molar-refractivity contribution in [2.75, 3.05) is 11.4 Å². The first-order chi connectivity index (χ1) is 9.97. The van der Waals surface area contributed by atoms with Crippen molar-refractivity contribution in [3.8, 4) is 6.07 Å². The fourth-order valence-corrected chi connectivity index (χ4v) is 2.90. The second kappa shape index (κ2) is 6.38. The zero-order valence-corrected chi connectivity index (χ0v) is 12.0. The first kappa shape index (κ1) is 15.7. The van der Waals surface area contributed by atoms with E-state index in [4.69, 9.17) is 5.26 Å². The molecule has 1 fully saturated rings. The molecule has 0 aliphatic heterocycles. The molecule has 0 spiro atoms. The summed E-state index contributed by atoms with van der Waals surface area (Å²) < 4.78 is 39.1. The summed E-state index contributed by atoms with van der Waals surface area (Å²) in [5, 5.41) is 8.85. The van der Waals surface area contributed by atoms with Gasteiger partial charge >= 0.3 is 6.18 Å². The van der Waals surface area contributed by atoms with Gasteiger partial charge in [-0.3, -0.25) is 0 Å². The lowest BCUT2D eigenvalue weighted by molar-refractivity contribution is -0.137. The molecule has 2 rings (SSSR count). The molecule has 1 aromatic rings. The Morgan fingerprint density at radius 3 is 2.67 bits per heavy atom. The Balaban J connectivity index is 2.36. The van der Waals surface area contributed by atoms with Crippen molar-refractivity contribution in [3.05, 3.63) is 35.7 Å². The number of hydrogen-bond acceptors (Lipinski definition) is 2. The van der Waals surface area contributed by atoms with Gasteiger partial charge in [-0.2, -0.15) is 18.4 Å². The molecule has 0 amide bonds. The van der Waals surface area contributed by atoms with E-state index in [1.807, 2.05) is 11.8 Å². The summed E-state index contributed by atoms with van der Waals surface area (Å²) in [6.45, 7) is 2.60. The van der Waals surface area contributed by atoms with Gasteiger partial charge in [0, 0.05) is 18.3 Å². The van der Waals surface area contributed by atoms with Crippen LogP contribution in [0.4, 0.5) is 18.9 Å². The van der Waals surface area contributed by atoms with E-state index in [0.717, 1.165) is 31.7 Å². The molecule has 1 atom stereocenters. The highest BCUT2D eigenvalue weighted by atomic mass is 19.4. The van der Waals surface area contributed by atoms with Gasteiger partial charge in [0.2, 0.25) is 0 Å². The smallest absolute Gasteiger partial charge is 0.369 e. The molecule has 21 heavy (non-hydrogen) atoms. The topological polar surface area (TPSA) is 27.0 Å². The van der Waals surface area contributed by atoms with E-state index in [-0.39, 0.29) is 11.6 Å². The van der Waals surface area contributed by atoms with Crippen LogP contribution in [0.3, 0.4) is 0 Å². The van der Waals surface area contributed by atoms with E-state index in [0.29, 0.717) is 12.2 Å². The molecule has 0 bridgehead atoms. The highest BCUT2D eigenvalue weighted by Crippen LogP contribution is 2.35. The van der Waals surface area contributed by atoms with E-state index in [1.54, 1.807) is 12.1 Å². The quantitative estimate of drug-likeness (QED) is 0.818. The summed E-state index contributed by atoms with van der Waals surface area (Å²) in [6, 6.07) is 5.87. The lowest BCUT2D eigenvalue weighted by Crippen LogP contribution is -2.37. The summed E-state index contributed by atoms with van der Waals surface area (Å²) in [6.07, 6.45) is 1.74. The van der Waals surface area contributed by atoms with Crippen molar-refractivity contribution in [2.45, 2.75) is 44.8 Å². The Labute approximate surface area is 123 Å². The molecule has 0 saturated heterocycles. The van der Waals surface area contributed by atoms with Crippen molar-refractivity contribution < 1.29 is 13.2 Å². The van der Waals surface area contributed by atoms with Gasteiger partial charge in [0.25, 0.3) is 0 Å². The van der Waals surface area contributed by atoms with Gasteiger partial charge in [0.15, 0.2) is 0 Å². The molecule has 5 heteroatoms. The van der Waals surface area contributed by atoms with Crippen LogP contribution in [-0.2, 0) is 6.18 Å². The number of rotatable bonds is 3. The largest absolute Gasteiger partial charge is 0.417 e. The molecule has 2 nitrogen and oxygen atoms in total. The molecule has 1 saturated carbocycles. The van der Waals surface area contributed by atoms with Crippen LogP contribution in [-0.4, -0.2) is 12.6 Å². The van der Waals surface area contributed by atoms with Gasteiger partial charge in [0.05, 0.1) is 17.2 Å². The molecular weight excluding hydrogens is 277 g/mol. The van der Waals surface area contributed by atoms with Crippen LogP contribution < -0.4 is 4.90 Å². The van der Waals surface area contributed by atoms with Gasteiger partial charge < -0.3 is 4.90 Å². The maximum absolute atomic E-state index is 13.0. The predicted molar refractivity (Wildman–Crippen MR) is 75.7 cm³/mol. The standard InChI is InChI=1S/C16H18F3N2/c1-2-21(13-6-4-3-5-7-13)14-9-8-12(11-20)15(10-14)16(17,18)19/h4,8-10,13H,2-3,5-7H2,1H3. The van der Waals surface area contributed by atoms with Crippen molar-refractivity contribution >= 4 is 5.69 Å². The van der Waals surface area contributed by atoms with Crippen LogP contribution in [0.5, 0.6) is 0 Å². The van der Waals surface area contributed by atoms with Crippen molar-refractivity contribution in [1.29, 1.82) is 5.26 Å². The summed E-state index contributed by atoms with van der Waals surface area (Å²) in [5.41, 5.74) is -0.623. The van der Waals surface area contributed by atoms with Gasteiger partial charge in [-0.15, -0.1) is 0 Å². The minimum atomic E-state index is -4.50. The van der Waals surface area contributed by atoms with Gasteiger partial charge in [-0.25, -0.2) is 0 Å². The number of hydrogen-bond donors (Lipinski definition) is 0. The zero-order chi connectivity index (χ0) is 15.5. The van der Waals surface area contributed by atoms with E-state index in [1.165, 1.54) is 6.07 Å². The third-order valence-corrected chi connectivity index (χ3v) is 3.93. The molecule has 0 heterocycles. The Bertz CT molecular complexity index is 525. The second-order valence-corrected chi connectivity index (χ2v) is 5.23. The average Bonchev–Trinajstić information content (AvgIpc) is 2.48. The van der Waals surface area contributed by atoms with E-state index >= 15 is 0 Å². The number of alkyl halides is 3. The maximum atomic E-state index is 13.0. The SMILES string of the molecule is CCN(c1ccc(C#N)c(C(F)(F)F)c1)C1C[CH]CCC1. The van der Waals surface area contributed by atoms with E-state index < -0.39 is 11.7 Å². The number of benzene rings is 1. The fraction of sp³-hybridized carbons (Fsp3) is 0.500. The predicted octanol–water partition coefficient (Wildman–Crippen LogP) is 4.55. The zero-order valence-electron chi connectivity index (χ0n) is 12.0. The lowest BCUT2D eigenvalue weighted by atomic mass is 9.93. The average molecular weight is 295 g/mol. The Kier molecular flexibility index (Phi) is 4.76. The highest BCUT2D eigenvalue weighted by molar-refractivity contribution is 5.55. The van der Waals surface area contributed by atoms with Crippen molar-refractivity contribution in [1.82, 2.24) is 0 Å². The molecule has 1 aliphatic carbocycles. The van der Waals surface area contributed by atoms with Gasteiger partial charge in [0.1, 0.15) is 0 Å². The van der Waals surface area contributed by atoms with Crippen molar-refractivity contribution in [3.63, 3.8) is 0 Å². The number of halogens is 3. The first-order valence-corrected chi connectivity index (χ1v) is 7.17. The summed E-state index contributed by atoms with van der Waals surface area (Å²) in [4.78, 5) is 2.01. The third-order valence-electron chi connectivity index (χ3n) is 3.93. The molecular formula is C16H18F3N2. The second-order valence-electron chi connectivity index (χ2n) is 5.23. The summed E-state index contributed by atoms with van der Waals surface area (Å²) >= 11 is 0. The fourth-order valence-electron chi connectivity index (χ4n) is 2.90. The molecule has 0 N–H and O–H groups in total. The van der Waals surface area contributed by atoms with Crippen LogP contribution in [0, 0.1) is 17.8 Å². The minimum Gasteiger partial charge on any atom is -0.369 e. The van der Waals surface area contributed by atoms with Crippen LogP contribution >= 0.6 is 0 Å².